The molecule has 0 amide bonds. The summed E-state index contributed by atoms with van der Waals surface area (Å²) in [5, 5.41) is 6.57. The number of hydrogen-bond donors (Lipinski definition) is 2. The summed E-state index contributed by atoms with van der Waals surface area (Å²) in [6, 6.07) is 9.04. The minimum absolute atomic E-state index is 0.249. The minimum Gasteiger partial charge on any atom is -0.493 e. The van der Waals surface area contributed by atoms with E-state index in [4.69, 9.17) is 10.5 Å². The monoisotopic (exact) mass is 287 g/mol. The van der Waals surface area contributed by atoms with E-state index >= 15 is 0 Å². The van der Waals surface area contributed by atoms with Crippen LogP contribution >= 0.6 is 0 Å². The van der Waals surface area contributed by atoms with Crippen LogP contribution in [-0.2, 0) is 0 Å². The SMILES string of the molecule is CC(C)COc1cccc(-c2cc(C(C)N)c(=O)[nH]n2)c1. The van der Waals surface area contributed by atoms with Gasteiger partial charge in [-0.25, -0.2) is 5.10 Å². The van der Waals surface area contributed by atoms with Crippen LogP contribution in [-0.4, -0.2) is 16.8 Å². The molecule has 0 spiro atoms. The largest absolute Gasteiger partial charge is 0.493 e. The van der Waals surface area contributed by atoms with Crippen molar-refractivity contribution in [1.82, 2.24) is 10.2 Å². The van der Waals surface area contributed by atoms with E-state index in [1.807, 2.05) is 24.3 Å². The molecule has 0 saturated heterocycles. The molecule has 0 aliphatic rings. The van der Waals surface area contributed by atoms with Crippen molar-refractivity contribution < 1.29 is 4.74 Å². The predicted octanol–water partition coefficient (Wildman–Crippen LogP) is 2.49. The maximum absolute atomic E-state index is 11.7. The molecule has 21 heavy (non-hydrogen) atoms. The van der Waals surface area contributed by atoms with Gasteiger partial charge in [-0.15, -0.1) is 0 Å². The van der Waals surface area contributed by atoms with Gasteiger partial charge >= 0.3 is 0 Å². The molecule has 1 aromatic carbocycles. The second kappa shape index (κ2) is 6.54. The summed E-state index contributed by atoms with van der Waals surface area (Å²) < 4.78 is 5.71. The first-order chi connectivity index (χ1) is 9.97. The number of nitrogens with one attached hydrogen (secondary N) is 1. The van der Waals surface area contributed by atoms with Crippen molar-refractivity contribution in [2.45, 2.75) is 26.8 Å². The van der Waals surface area contributed by atoms with Crippen molar-refractivity contribution in [3.8, 4) is 17.0 Å². The number of aromatic nitrogens is 2. The number of H-pyrrole nitrogens is 1. The standard InChI is InChI=1S/C16H21N3O2/c1-10(2)9-21-13-6-4-5-12(7-13)15-8-14(11(3)17)16(20)19-18-15/h4-8,10-11H,9,17H2,1-3H3,(H,19,20). The number of benzene rings is 1. The number of nitrogens with two attached hydrogens (primary N) is 1. The Morgan fingerprint density at radius 3 is 2.71 bits per heavy atom. The van der Waals surface area contributed by atoms with E-state index in [1.54, 1.807) is 13.0 Å². The third-order valence-corrected chi connectivity index (χ3v) is 3.04. The van der Waals surface area contributed by atoms with E-state index in [2.05, 4.69) is 24.0 Å². The number of ether oxygens (including phenoxy) is 1. The summed E-state index contributed by atoms with van der Waals surface area (Å²) in [6.45, 7) is 6.63. The fourth-order valence-corrected chi connectivity index (χ4v) is 1.91. The van der Waals surface area contributed by atoms with E-state index < -0.39 is 0 Å². The van der Waals surface area contributed by atoms with Crippen molar-refractivity contribution in [2.75, 3.05) is 6.61 Å². The van der Waals surface area contributed by atoms with E-state index in [0.29, 0.717) is 23.8 Å². The van der Waals surface area contributed by atoms with Crippen LogP contribution in [0.5, 0.6) is 5.75 Å². The fourth-order valence-electron chi connectivity index (χ4n) is 1.91. The zero-order chi connectivity index (χ0) is 15.4. The third-order valence-electron chi connectivity index (χ3n) is 3.04. The van der Waals surface area contributed by atoms with Gasteiger partial charge < -0.3 is 10.5 Å². The summed E-state index contributed by atoms with van der Waals surface area (Å²) in [5.41, 5.74) is 7.63. The average molecular weight is 287 g/mol. The molecule has 3 N–H and O–H groups in total. The minimum atomic E-state index is -0.337. The lowest BCUT2D eigenvalue weighted by Crippen LogP contribution is -2.20. The Labute approximate surface area is 124 Å². The van der Waals surface area contributed by atoms with Gasteiger partial charge in [-0.1, -0.05) is 26.0 Å². The Bertz CT molecular complexity index is 663. The number of aromatic amines is 1. The topological polar surface area (TPSA) is 81.0 Å². The summed E-state index contributed by atoms with van der Waals surface area (Å²) in [4.78, 5) is 11.7. The molecule has 5 nitrogen and oxygen atoms in total. The second-order valence-electron chi connectivity index (χ2n) is 5.56. The van der Waals surface area contributed by atoms with Gasteiger partial charge in [0.25, 0.3) is 5.56 Å². The molecule has 0 bridgehead atoms. The number of nitrogens with zero attached hydrogens (tertiary/aromatic N) is 1. The van der Waals surface area contributed by atoms with Gasteiger partial charge in [0, 0.05) is 17.2 Å². The molecule has 1 atom stereocenters. The van der Waals surface area contributed by atoms with Crippen molar-refractivity contribution in [1.29, 1.82) is 0 Å². The van der Waals surface area contributed by atoms with Gasteiger partial charge in [0.05, 0.1) is 12.3 Å². The van der Waals surface area contributed by atoms with Crippen LogP contribution in [0.1, 0.15) is 32.4 Å². The zero-order valence-electron chi connectivity index (χ0n) is 12.6. The Morgan fingerprint density at radius 1 is 1.29 bits per heavy atom. The smallest absolute Gasteiger partial charge is 0.268 e. The van der Waals surface area contributed by atoms with Crippen molar-refractivity contribution in [3.05, 3.63) is 46.2 Å². The highest BCUT2D eigenvalue weighted by atomic mass is 16.5. The predicted molar refractivity (Wildman–Crippen MR) is 83.2 cm³/mol. The molecule has 1 heterocycles. The second-order valence-corrected chi connectivity index (χ2v) is 5.56. The lowest BCUT2D eigenvalue weighted by atomic mass is 10.1. The first-order valence-electron chi connectivity index (χ1n) is 7.06. The van der Waals surface area contributed by atoms with E-state index in [0.717, 1.165) is 11.3 Å². The summed E-state index contributed by atoms with van der Waals surface area (Å²) in [7, 11) is 0. The Balaban J connectivity index is 2.32. The molecule has 0 aliphatic carbocycles. The maximum atomic E-state index is 11.7. The summed E-state index contributed by atoms with van der Waals surface area (Å²) in [6.07, 6.45) is 0. The molecule has 5 heteroatoms. The van der Waals surface area contributed by atoms with Crippen LogP contribution in [0.4, 0.5) is 0 Å². The molecular formula is C16H21N3O2. The lowest BCUT2D eigenvalue weighted by molar-refractivity contribution is 0.271. The highest BCUT2D eigenvalue weighted by Crippen LogP contribution is 2.23. The Morgan fingerprint density at radius 2 is 2.05 bits per heavy atom. The van der Waals surface area contributed by atoms with E-state index in [1.165, 1.54) is 0 Å². The van der Waals surface area contributed by atoms with Crippen LogP contribution in [0.3, 0.4) is 0 Å². The van der Waals surface area contributed by atoms with Gasteiger partial charge in [-0.2, -0.15) is 5.10 Å². The van der Waals surface area contributed by atoms with Crippen molar-refractivity contribution >= 4 is 0 Å². The first-order valence-corrected chi connectivity index (χ1v) is 7.06. The lowest BCUT2D eigenvalue weighted by Gasteiger charge is -2.10. The van der Waals surface area contributed by atoms with Gasteiger partial charge in [0.15, 0.2) is 0 Å². The molecule has 0 aliphatic heterocycles. The number of rotatable bonds is 5. The quantitative estimate of drug-likeness (QED) is 0.885. The zero-order valence-corrected chi connectivity index (χ0v) is 12.6. The van der Waals surface area contributed by atoms with Crippen LogP contribution in [0.2, 0.25) is 0 Å². The molecular weight excluding hydrogens is 266 g/mol. The van der Waals surface area contributed by atoms with Crippen molar-refractivity contribution in [2.24, 2.45) is 11.7 Å². The molecule has 112 valence electrons. The molecule has 1 aromatic heterocycles. The van der Waals surface area contributed by atoms with Gasteiger partial charge in [-0.3, -0.25) is 4.79 Å². The highest BCUT2D eigenvalue weighted by molar-refractivity contribution is 5.61. The maximum Gasteiger partial charge on any atom is 0.268 e. The molecule has 2 rings (SSSR count). The molecule has 2 aromatic rings. The fraction of sp³-hybridized carbons (Fsp3) is 0.375. The average Bonchev–Trinajstić information content (AvgIpc) is 2.45. The summed E-state index contributed by atoms with van der Waals surface area (Å²) in [5.74, 6) is 1.25. The van der Waals surface area contributed by atoms with Gasteiger partial charge in [0.2, 0.25) is 0 Å². The van der Waals surface area contributed by atoms with Gasteiger partial charge in [-0.05, 0) is 31.0 Å². The third kappa shape index (κ3) is 3.92. The summed E-state index contributed by atoms with van der Waals surface area (Å²) >= 11 is 0. The van der Waals surface area contributed by atoms with E-state index in [9.17, 15) is 4.79 Å². The molecule has 0 saturated carbocycles. The van der Waals surface area contributed by atoms with Crippen LogP contribution in [0, 0.1) is 5.92 Å². The Hall–Kier alpha value is -2.14. The van der Waals surface area contributed by atoms with Crippen LogP contribution in [0.15, 0.2) is 35.1 Å². The van der Waals surface area contributed by atoms with Gasteiger partial charge in [0.1, 0.15) is 5.75 Å². The normalized spacial score (nSPS) is 12.4. The van der Waals surface area contributed by atoms with Crippen molar-refractivity contribution in [3.63, 3.8) is 0 Å². The van der Waals surface area contributed by atoms with Crippen LogP contribution in [0.25, 0.3) is 11.3 Å². The van der Waals surface area contributed by atoms with Crippen LogP contribution < -0.4 is 16.0 Å². The molecule has 1 unspecified atom stereocenters. The highest BCUT2D eigenvalue weighted by Gasteiger charge is 2.09. The molecule has 0 radical (unpaired) electrons. The van der Waals surface area contributed by atoms with E-state index in [-0.39, 0.29) is 11.6 Å². The first kappa shape index (κ1) is 15.3. The number of hydrogen-bond acceptors (Lipinski definition) is 4. The Kier molecular flexibility index (Phi) is 4.75. The molecule has 0 fully saturated rings.